The second-order valence-electron chi connectivity index (χ2n) is 9.95. The number of halogens is 3. The van der Waals surface area contributed by atoms with E-state index in [1.54, 1.807) is 6.07 Å². The number of aliphatic hydroxyl groups is 1. The highest BCUT2D eigenvalue weighted by Crippen LogP contribution is 2.33. The number of hydrogen-bond acceptors (Lipinski definition) is 5. The van der Waals surface area contributed by atoms with Gasteiger partial charge < -0.3 is 20.2 Å². The van der Waals surface area contributed by atoms with Crippen LogP contribution in [0.2, 0.25) is 0 Å². The molecule has 192 valence electrons. The van der Waals surface area contributed by atoms with Crippen molar-refractivity contribution in [3.8, 4) is 0 Å². The maximum absolute atomic E-state index is 13.1. The molecule has 2 aliphatic heterocycles. The van der Waals surface area contributed by atoms with Crippen LogP contribution in [-0.4, -0.2) is 85.8 Å². The molecule has 0 bridgehead atoms. The number of piperidine rings is 1. The van der Waals surface area contributed by atoms with Gasteiger partial charge in [-0.3, -0.25) is 9.69 Å². The van der Waals surface area contributed by atoms with Crippen LogP contribution in [0, 0.1) is 11.8 Å². The lowest BCUT2D eigenvalue weighted by atomic mass is 9.86. The molecule has 1 amide bonds. The zero-order valence-corrected chi connectivity index (χ0v) is 20.4. The van der Waals surface area contributed by atoms with Crippen LogP contribution in [0.5, 0.6) is 0 Å². The van der Waals surface area contributed by atoms with Gasteiger partial charge in [0.2, 0.25) is 5.91 Å². The summed E-state index contributed by atoms with van der Waals surface area (Å²) in [6.45, 7) is 10.7. The van der Waals surface area contributed by atoms with Crippen LogP contribution in [0.15, 0.2) is 24.3 Å². The zero-order valence-electron chi connectivity index (χ0n) is 20.4. The molecule has 34 heavy (non-hydrogen) atoms. The number of carbonyl (C=O) groups is 1. The number of benzene rings is 1. The molecule has 0 aromatic heterocycles. The van der Waals surface area contributed by atoms with Crippen LogP contribution in [0.25, 0.3) is 0 Å². The van der Waals surface area contributed by atoms with Crippen molar-refractivity contribution in [3.63, 3.8) is 0 Å². The monoisotopic (exact) mass is 484 g/mol. The number of carbonyl (C=O) groups excluding carboxylic acids is 1. The molecule has 2 N–H and O–H groups in total. The van der Waals surface area contributed by atoms with Crippen molar-refractivity contribution in [2.45, 2.75) is 45.3 Å². The summed E-state index contributed by atoms with van der Waals surface area (Å²) in [5, 5.41) is 11.7. The van der Waals surface area contributed by atoms with Crippen molar-refractivity contribution in [2.24, 2.45) is 11.8 Å². The molecular weight excluding hydrogens is 445 g/mol. The van der Waals surface area contributed by atoms with Crippen molar-refractivity contribution < 1.29 is 23.1 Å². The average Bonchev–Trinajstić information content (AvgIpc) is 2.81. The Labute approximate surface area is 201 Å². The first kappa shape index (κ1) is 26.8. The lowest BCUT2D eigenvalue weighted by Crippen LogP contribution is -2.57. The van der Waals surface area contributed by atoms with Gasteiger partial charge in [-0.05, 0) is 49.4 Å². The van der Waals surface area contributed by atoms with Crippen LogP contribution >= 0.6 is 0 Å². The third-order valence-electron chi connectivity index (χ3n) is 6.90. The van der Waals surface area contributed by atoms with Gasteiger partial charge in [0.15, 0.2) is 0 Å². The van der Waals surface area contributed by atoms with Gasteiger partial charge in [-0.15, -0.1) is 0 Å². The Morgan fingerprint density at radius 1 is 1.18 bits per heavy atom. The molecule has 6 nitrogen and oxygen atoms in total. The molecule has 2 saturated heterocycles. The van der Waals surface area contributed by atoms with E-state index in [-0.39, 0.29) is 19.1 Å². The molecule has 2 aliphatic rings. The van der Waals surface area contributed by atoms with Crippen molar-refractivity contribution in [1.29, 1.82) is 0 Å². The predicted octanol–water partition coefficient (Wildman–Crippen LogP) is 3.06. The Kier molecular flexibility index (Phi) is 9.62. The maximum Gasteiger partial charge on any atom is 0.416 e. The molecule has 2 atom stereocenters. The predicted molar refractivity (Wildman–Crippen MR) is 128 cm³/mol. The third kappa shape index (κ3) is 7.58. The van der Waals surface area contributed by atoms with Gasteiger partial charge in [0.1, 0.15) is 0 Å². The fourth-order valence-corrected chi connectivity index (χ4v) is 5.33. The van der Waals surface area contributed by atoms with Gasteiger partial charge in [-0.1, -0.05) is 19.9 Å². The van der Waals surface area contributed by atoms with Crippen LogP contribution in [-0.2, 0) is 11.0 Å². The lowest BCUT2D eigenvalue weighted by molar-refractivity contribution is -0.137. The Morgan fingerprint density at radius 2 is 1.91 bits per heavy atom. The van der Waals surface area contributed by atoms with E-state index >= 15 is 0 Å². The summed E-state index contributed by atoms with van der Waals surface area (Å²) in [5.74, 6) is 0.927. The van der Waals surface area contributed by atoms with Crippen molar-refractivity contribution >= 4 is 11.6 Å². The van der Waals surface area contributed by atoms with E-state index in [1.807, 2.05) is 4.90 Å². The minimum absolute atomic E-state index is 0.0249. The SMILES string of the molecule is CC(C)CN1CC[C@@H](N2CCN(c3cccc(C(F)(F)F)c3)CC2)[C@@H](CCC(=O)NCCO)C1. The Bertz CT molecular complexity index is 782. The van der Waals surface area contributed by atoms with Gasteiger partial charge in [-0.2, -0.15) is 13.2 Å². The Balaban J connectivity index is 1.61. The van der Waals surface area contributed by atoms with E-state index < -0.39 is 11.7 Å². The molecule has 0 aliphatic carbocycles. The summed E-state index contributed by atoms with van der Waals surface area (Å²) in [6, 6.07) is 5.97. The normalized spacial score (nSPS) is 22.9. The lowest BCUT2D eigenvalue weighted by Gasteiger charge is -2.47. The van der Waals surface area contributed by atoms with E-state index in [0.717, 1.165) is 51.6 Å². The summed E-state index contributed by atoms with van der Waals surface area (Å²) < 4.78 is 39.4. The summed E-state index contributed by atoms with van der Waals surface area (Å²) in [5.41, 5.74) is 0.0165. The van der Waals surface area contributed by atoms with Gasteiger partial charge >= 0.3 is 6.18 Å². The molecule has 3 rings (SSSR count). The van der Waals surface area contributed by atoms with E-state index in [1.165, 1.54) is 12.1 Å². The Morgan fingerprint density at radius 3 is 2.56 bits per heavy atom. The number of likely N-dealkylation sites (tertiary alicyclic amines) is 1. The number of anilines is 1. The highest BCUT2D eigenvalue weighted by atomic mass is 19.4. The average molecular weight is 485 g/mol. The summed E-state index contributed by atoms with van der Waals surface area (Å²) in [4.78, 5) is 19.2. The second kappa shape index (κ2) is 12.2. The van der Waals surface area contributed by atoms with E-state index in [0.29, 0.717) is 43.1 Å². The molecule has 0 saturated carbocycles. The summed E-state index contributed by atoms with van der Waals surface area (Å²) in [7, 11) is 0. The van der Waals surface area contributed by atoms with Gasteiger partial charge in [0.25, 0.3) is 0 Å². The minimum atomic E-state index is -4.33. The van der Waals surface area contributed by atoms with Crippen molar-refractivity contribution in [3.05, 3.63) is 29.8 Å². The molecule has 9 heteroatoms. The Hall–Kier alpha value is -1.84. The number of alkyl halides is 3. The summed E-state index contributed by atoms with van der Waals surface area (Å²) in [6.07, 6.45) is -2.05. The first-order valence-electron chi connectivity index (χ1n) is 12.4. The third-order valence-corrected chi connectivity index (χ3v) is 6.90. The molecular formula is C25H39F3N4O2. The minimum Gasteiger partial charge on any atom is -0.395 e. The van der Waals surface area contributed by atoms with Gasteiger partial charge in [0.05, 0.1) is 12.2 Å². The van der Waals surface area contributed by atoms with Crippen LogP contribution in [0.1, 0.15) is 38.7 Å². The number of nitrogens with one attached hydrogen (secondary N) is 1. The first-order chi connectivity index (χ1) is 16.2. The molecule has 0 radical (unpaired) electrons. The fraction of sp³-hybridized carbons (Fsp3) is 0.720. The van der Waals surface area contributed by atoms with Gasteiger partial charge in [-0.25, -0.2) is 0 Å². The quantitative estimate of drug-likeness (QED) is 0.564. The molecule has 1 aromatic rings. The molecule has 1 aromatic carbocycles. The number of nitrogens with zero attached hydrogens (tertiary/aromatic N) is 3. The highest BCUT2D eigenvalue weighted by molar-refractivity contribution is 5.75. The smallest absolute Gasteiger partial charge is 0.395 e. The zero-order chi connectivity index (χ0) is 24.7. The number of amides is 1. The molecule has 2 heterocycles. The maximum atomic E-state index is 13.1. The topological polar surface area (TPSA) is 59.0 Å². The number of rotatable bonds is 9. The van der Waals surface area contributed by atoms with Crippen molar-refractivity contribution in [1.82, 2.24) is 15.1 Å². The number of hydrogen-bond donors (Lipinski definition) is 2. The highest BCUT2D eigenvalue weighted by Gasteiger charge is 2.35. The van der Waals surface area contributed by atoms with Crippen LogP contribution in [0.4, 0.5) is 18.9 Å². The molecule has 0 spiro atoms. The van der Waals surface area contributed by atoms with Crippen LogP contribution < -0.4 is 10.2 Å². The number of piperazine rings is 1. The molecule has 0 unspecified atom stereocenters. The van der Waals surface area contributed by atoms with Crippen LogP contribution in [0.3, 0.4) is 0 Å². The first-order valence-corrected chi connectivity index (χ1v) is 12.4. The largest absolute Gasteiger partial charge is 0.416 e. The molecule has 2 fully saturated rings. The second-order valence-corrected chi connectivity index (χ2v) is 9.95. The number of aliphatic hydroxyl groups excluding tert-OH is 1. The van der Waals surface area contributed by atoms with E-state index in [2.05, 4.69) is 29.0 Å². The standard InChI is InChI=1S/C25H39F3N4O2/c1-19(2)17-30-10-8-23(20(18-30)6-7-24(34)29-9-15-33)32-13-11-31(12-14-32)22-5-3-4-21(16-22)25(26,27)28/h3-5,16,19-20,23,33H,6-15,17-18H2,1-2H3,(H,29,34)/t20-,23+/m0/s1. The van der Waals surface area contributed by atoms with E-state index in [4.69, 9.17) is 5.11 Å². The van der Waals surface area contributed by atoms with Crippen molar-refractivity contribution in [2.75, 3.05) is 63.9 Å². The fourth-order valence-electron chi connectivity index (χ4n) is 5.33. The summed E-state index contributed by atoms with van der Waals surface area (Å²) >= 11 is 0. The van der Waals surface area contributed by atoms with E-state index in [9.17, 15) is 18.0 Å². The van der Waals surface area contributed by atoms with Gasteiger partial charge in [0, 0.05) is 64.0 Å².